The van der Waals surface area contributed by atoms with E-state index in [1.165, 1.54) is 24.8 Å². The summed E-state index contributed by atoms with van der Waals surface area (Å²) in [5.41, 5.74) is 5.86. The Kier molecular flexibility index (Phi) is 9.79. The van der Waals surface area contributed by atoms with Crippen LogP contribution in [0.15, 0.2) is 24.3 Å². The fourth-order valence-electron chi connectivity index (χ4n) is 3.61. The van der Waals surface area contributed by atoms with Gasteiger partial charge in [0.1, 0.15) is 0 Å². The number of aromatic nitrogens is 2. The van der Waals surface area contributed by atoms with Crippen LogP contribution in [0.2, 0.25) is 0 Å². The van der Waals surface area contributed by atoms with E-state index in [1.54, 1.807) is 7.05 Å². The molecule has 1 saturated carbocycles. The summed E-state index contributed by atoms with van der Waals surface area (Å²) < 4.78 is 0. The van der Waals surface area contributed by atoms with Gasteiger partial charge >= 0.3 is 0 Å². The summed E-state index contributed by atoms with van der Waals surface area (Å²) in [6.07, 6.45) is 3.81. The Labute approximate surface area is 176 Å². The molecule has 1 aromatic carbocycles. The van der Waals surface area contributed by atoms with Gasteiger partial charge < -0.3 is 10.6 Å². The van der Waals surface area contributed by atoms with Crippen molar-refractivity contribution in [2.24, 2.45) is 0 Å². The Bertz CT molecular complexity index is 774. The molecule has 0 atom stereocenters. The molecule has 0 saturated heterocycles. The van der Waals surface area contributed by atoms with Crippen molar-refractivity contribution in [3.8, 4) is 0 Å². The van der Waals surface area contributed by atoms with Crippen molar-refractivity contribution in [2.45, 2.75) is 73.1 Å². The summed E-state index contributed by atoms with van der Waals surface area (Å²) in [6.45, 7) is 15.4. The van der Waals surface area contributed by atoms with E-state index in [2.05, 4.69) is 48.3 Å². The summed E-state index contributed by atoms with van der Waals surface area (Å²) in [5, 5.41) is 5.77. The molecule has 5 heteroatoms. The minimum absolute atomic E-state index is 0.0249. The van der Waals surface area contributed by atoms with Crippen LogP contribution >= 0.6 is 0 Å². The standard InChI is InChI=1S/C13H21N3.C9H11NO.C2H6/c1-5-13(7-8-13)11-9(3)15-12(14-6-2)16-10(11)4;1-7-5-3-4-6-8(7)9(11)10-2;1-2/h5-8H2,1-4H3,(H,14,15,16);3-6H,1-2H3,(H,10,11);1-2H3. The van der Waals surface area contributed by atoms with E-state index in [4.69, 9.17) is 0 Å². The van der Waals surface area contributed by atoms with Gasteiger partial charge in [0.2, 0.25) is 5.95 Å². The monoisotopic (exact) mass is 398 g/mol. The Balaban J connectivity index is 0.000000284. The normalized spacial score (nSPS) is 13.2. The minimum atomic E-state index is -0.0249. The second-order valence-corrected chi connectivity index (χ2v) is 7.15. The third-order valence-corrected chi connectivity index (χ3v) is 5.28. The fourth-order valence-corrected chi connectivity index (χ4v) is 3.61. The molecule has 1 fully saturated rings. The van der Waals surface area contributed by atoms with Crippen LogP contribution in [0.5, 0.6) is 0 Å². The van der Waals surface area contributed by atoms with Crippen molar-refractivity contribution in [3.63, 3.8) is 0 Å². The first-order valence-corrected chi connectivity index (χ1v) is 10.8. The van der Waals surface area contributed by atoms with E-state index >= 15 is 0 Å². The molecule has 5 nitrogen and oxygen atoms in total. The molecule has 0 spiro atoms. The highest BCUT2D eigenvalue weighted by Crippen LogP contribution is 2.52. The van der Waals surface area contributed by atoms with Gasteiger partial charge in [0.15, 0.2) is 0 Å². The number of hydrogen-bond acceptors (Lipinski definition) is 4. The van der Waals surface area contributed by atoms with Crippen molar-refractivity contribution in [3.05, 3.63) is 52.3 Å². The Hall–Kier alpha value is -2.43. The van der Waals surface area contributed by atoms with Gasteiger partial charge in [-0.1, -0.05) is 39.0 Å². The van der Waals surface area contributed by atoms with Gasteiger partial charge in [-0.05, 0) is 64.0 Å². The highest BCUT2D eigenvalue weighted by atomic mass is 16.1. The molecule has 1 aliphatic carbocycles. The summed E-state index contributed by atoms with van der Waals surface area (Å²) in [7, 11) is 1.63. The zero-order valence-corrected chi connectivity index (χ0v) is 19.4. The Morgan fingerprint density at radius 2 is 1.59 bits per heavy atom. The molecule has 0 aliphatic heterocycles. The average molecular weight is 399 g/mol. The Morgan fingerprint density at radius 1 is 1.03 bits per heavy atom. The largest absolute Gasteiger partial charge is 0.355 e. The molecule has 3 rings (SSSR count). The number of carbonyl (C=O) groups excluding carboxylic acids is 1. The van der Waals surface area contributed by atoms with E-state index in [0.29, 0.717) is 5.41 Å². The number of carbonyl (C=O) groups is 1. The summed E-state index contributed by atoms with van der Waals surface area (Å²) in [5.74, 6) is 0.747. The summed E-state index contributed by atoms with van der Waals surface area (Å²) in [4.78, 5) is 20.2. The van der Waals surface area contributed by atoms with E-state index < -0.39 is 0 Å². The highest BCUT2D eigenvalue weighted by molar-refractivity contribution is 5.95. The average Bonchev–Trinajstić information content (AvgIpc) is 3.50. The number of aryl methyl sites for hydroxylation is 3. The van der Waals surface area contributed by atoms with Gasteiger partial charge in [0.25, 0.3) is 5.91 Å². The molecule has 0 unspecified atom stereocenters. The quantitative estimate of drug-likeness (QED) is 0.713. The maximum atomic E-state index is 11.1. The molecular weight excluding hydrogens is 360 g/mol. The zero-order valence-electron chi connectivity index (χ0n) is 19.4. The molecule has 1 heterocycles. The molecule has 29 heavy (non-hydrogen) atoms. The Morgan fingerprint density at radius 3 is 2.00 bits per heavy atom. The van der Waals surface area contributed by atoms with Crippen LogP contribution in [-0.2, 0) is 5.41 Å². The lowest BCUT2D eigenvalue weighted by molar-refractivity contribution is 0.0962. The molecular formula is C24H38N4O. The molecule has 0 bridgehead atoms. The highest BCUT2D eigenvalue weighted by Gasteiger charge is 2.45. The second kappa shape index (κ2) is 11.5. The van der Waals surface area contributed by atoms with Gasteiger partial charge in [0, 0.05) is 36.1 Å². The summed E-state index contributed by atoms with van der Waals surface area (Å²) >= 11 is 0. The number of rotatable bonds is 5. The minimum Gasteiger partial charge on any atom is -0.355 e. The number of benzene rings is 1. The number of anilines is 1. The van der Waals surface area contributed by atoms with Crippen LogP contribution in [0.3, 0.4) is 0 Å². The molecule has 2 aromatic rings. The SMILES string of the molecule is CC.CCNc1nc(C)c(C2(CC)CC2)c(C)n1.CNC(=O)c1ccccc1C. The molecule has 1 aromatic heterocycles. The van der Waals surface area contributed by atoms with Crippen molar-refractivity contribution in [2.75, 3.05) is 18.9 Å². The van der Waals surface area contributed by atoms with Crippen LogP contribution in [0, 0.1) is 20.8 Å². The second-order valence-electron chi connectivity index (χ2n) is 7.15. The van der Waals surface area contributed by atoms with E-state index in [0.717, 1.165) is 35.0 Å². The third-order valence-electron chi connectivity index (χ3n) is 5.28. The van der Waals surface area contributed by atoms with Crippen LogP contribution in [-0.4, -0.2) is 29.5 Å². The van der Waals surface area contributed by atoms with Gasteiger partial charge in [-0.25, -0.2) is 9.97 Å². The molecule has 0 radical (unpaired) electrons. The van der Waals surface area contributed by atoms with E-state index in [9.17, 15) is 4.79 Å². The number of nitrogens with one attached hydrogen (secondary N) is 2. The third kappa shape index (κ3) is 6.28. The summed E-state index contributed by atoms with van der Waals surface area (Å²) in [6, 6.07) is 7.51. The van der Waals surface area contributed by atoms with Crippen LogP contribution < -0.4 is 10.6 Å². The van der Waals surface area contributed by atoms with Crippen molar-refractivity contribution in [1.29, 1.82) is 0 Å². The van der Waals surface area contributed by atoms with Crippen LogP contribution in [0.1, 0.15) is 79.8 Å². The van der Waals surface area contributed by atoms with Crippen molar-refractivity contribution < 1.29 is 4.79 Å². The van der Waals surface area contributed by atoms with Gasteiger partial charge in [0.05, 0.1) is 0 Å². The predicted molar refractivity (Wildman–Crippen MR) is 123 cm³/mol. The topological polar surface area (TPSA) is 66.9 Å². The maximum absolute atomic E-state index is 11.1. The fraction of sp³-hybridized carbons (Fsp3) is 0.542. The number of hydrogen-bond donors (Lipinski definition) is 2. The van der Waals surface area contributed by atoms with Gasteiger partial charge in [-0.3, -0.25) is 4.79 Å². The predicted octanol–water partition coefficient (Wildman–Crippen LogP) is 5.35. The van der Waals surface area contributed by atoms with Crippen LogP contribution in [0.4, 0.5) is 5.95 Å². The molecule has 160 valence electrons. The molecule has 1 amide bonds. The lowest BCUT2D eigenvalue weighted by Gasteiger charge is -2.18. The van der Waals surface area contributed by atoms with Gasteiger partial charge in [-0.15, -0.1) is 0 Å². The van der Waals surface area contributed by atoms with Gasteiger partial charge in [-0.2, -0.15) is 0 Å². The molecule has 2 N–H and O–H groups in total. The smallest absolute Gasteiger partial charge is 0.251 e. The first-order valence-electron chi connectivity index (χ1n) is 10.8. The first kappa shape index (κ1) is 24.6. The lowest BCUT2D eigenvalue weighted by Crippen LogP contribution is -2.18. The van der Waals surface area contributed by atoms with Crippen molar-refractivity contribution in [1.82, 2.24) is 15.3 Å². The molecule has 1 aliphatic rings. The lowest BCUT2D eigenvalue weighted by atomic mass is 9.91. The number of nitrogens with zero attached hydrogens (tertiary/aromatic N) is 2. The van der Waals surface area contributed by atoms with E-state index in [-0.39, 0.29) is 5.91 Å². The number of amides is 1. The first-order chi connectivity index (χ1) is 13.9. The zero-order chi connectivity index (χ0) is 22.0. The van der Waals surface area contributed by atoms with Crippen LogP contribution in [0.25, 0.3) is 0 Å². The van der Waals surface area contributed by atoms with E-state index in [1.807, 2.05) is 45.0 Å². The maximum Gasteiger partial charge on any atom is 0.251 e. The van der Waals surface area contributed by atoms with Crippen molar-refractivity contribution >= 4 is 11.9 Å².